The van der Waals surface area contributed by atoms with E-state index < -0.39 is 11.9 Å². The minimum Gasteiger partial charge on any atom is -0.476 e. The van der Waals surface area contributed by atoms with Crippen molar-refractivity contribution in [2.24, 2.45) is 0 Å². The fraction of sp³-hybridized carbons (Fsp3) is 0.231. The van der Waals surface area contributed by atoms with E-state index >= 15 is 0 Å². The Hall–Kier alpha value is -2.90. The van der Waals surface area contributed by atoms with Crippen LogP contribution in [0.1, 0.15) is 39.3 Å². The van der Waals surface area contributed by atoms with E-state index in [4.69, 9.17) is 10.2 Å². The monoisotopic (exact) mass is 290 g/mol. The predicted molar refractivity (Wildman–Crippen MR) is 72.1 cm³/mol. The molecular formula is C13H14N4O4. The van der Waals surface area contributed by atoms with Gasteiger partial charge in [0.2, 0.25) is 0 Å². The average Bonchev–Trinajstić information content (AvgIpc) is 2.48. The van der Waals surface area contributed by atoms with Gasteiger partial charge in [-0.1, -0.05) is 6.92 Å². The van der Waals surface area contributed by atoms with Gasteiger partial charge in [0.25, 0.3) is 0 Å². The molecule has 8 nitrogen and oxygen atoms in total. The summed E-state index contributed by atoms with van der Waals surface area (Å²) < 4.78 is 0. The molecule has 0 bridgehead atoms. The maximum atomic E-state index is 10.3. The number of carboxylic acid groups (broad SMARTS) is 2. The van der Waals surface area contributed by atoms with Gasteiger partial charge in [0.05, 0.1) is 23.8 Å². The van der Waals surface area contributed by atoms with Gasteiger partial charge in [-0.05, 0) is 13.3 Å². The molecular weight excluding hydrogens is 276 g/mol. The molecule has 2 aromatic heterocycles. The van der Waals surface area contributed by atoms with Crippen LogP contribution in [0.3, 0.4) is 0 Å². The summed E-state index contributed by atoms with van der Waals surface area (Å²) in [7, 11) is 0. The Labute approximate surface area is 120 Å². The summed E-state index contributed by atoms with van der Waals surface area (Å²) in [6, 6.07) is 0. The molecule has 0 fully saturated rings. The number of carbonyl (C=O) groups is 2. The molecule has 0 aliphatic heterocycles. The molecule has 2 N–H and O–H groups in total. The van der Waals surface area contributed by atoms with Crippen molar-refractivity contribution in [1.82, 2.24) is 19.9 Å². The second-order valence-corrected chi connectivity index (χ2v) is 3.90. The van der Waals surface area contributed by atoms with Gasteiger partial charge in [-0.2, -0.15) is 0 Å². The van der Waals surface area contributed by atoms with Gasteiger partial charge in [-0.15, -0.1) is 0 Å². The number of hydrogen-bond acceptors (Lipinski definition) is 6. The molecule has 0 amide bonds. The molecule has 2 heterocycles. The zero-order chi connectivity index (χ0) is 15.8. The first-order valence-electron chi connectivity index (χ1n) is 6.00. The predicted octanol–water partition coefficient (Wildman–Crippen LogP) is 1.22. The first-order chi connectivity index (χ1) is 9.93. The number of hydrogen-bond donors (Lipinski definition) is 2. The Kier molecular flexibility index (Phi) is 5.87. The summed E-state index contributed by atoms with van der Waals surface area (Å²) >= 11 is 0. The molecule has 21 heavy (non-hydrogen) atoms. The van der Waals surface area contributed by atoms with E-state index in [1.54, 1.807) is 6.92 Å². The van der Waals surface area contributed by atoms with Crippen LogP contribution in [0.5, 0.6) is 0 Å². The van der Waals surface area contributed by atoms with Gasteiger partial charge >= 0.3 is 11.9 Å². The highest BCUT2D eigenvalue weighted by molar-refractivity contribution is 5.85. The van der Waals surface area contributed by atoms with Crippen molar-refractivity contribution in [3.05, 3.63) is 47.6 Å². The first-order valence-corrected chi connectivity index (χ1v) is 6.00. The van der Waals surface area contributed by atoms with Crippen LogP contribution in [-0.4, -0.2) is 42.1 Å². The summed E-state index contributed by atoms with van der Waals surface area (Å²) in [6.07, 6.45) is 6.17. The van der Waals surface area contributed by atoms with E-state index in [1.807, 2.05) is 6.92 Å². The molecule has 0 radical (unpaired) electrons. The Bertz CT molecular complexity index is 611. The fourth-order valence-corrected chi connectivity index (χ4v) is 1.15. The molecule has 0 aliphatic rings. The molecule has 0 atom stereocenters. The Morgan fingerprint density at radius 3 is 1.76 bits per heavy atom. The van der Waals surface area contributed by atoms with Crippen LogP contribution >= 0.6 is 0 Å². The van der Waals surface area contributed by atoms with Crippen molar-refractivity contribution < 1.29 is 19.8 Å². The molecule has 0 aromatic carbocycles. The summed E-state index contributed by atoms with van der Waals surface area (Å²) in [5.74, 6) is -2.09. The number of aromatic nitrogens is 4. The average molecular weight is 290 g/mol. The van der Waals surface area contributed by atoms with Crippen LogP contribution in [0.15, 0.2) is 24.8 Å². The van der Waals surface area contributed by atoms with E-state index in [0.29, 0.717) is 5.69 Å². The zero-order valence-corrected chi connectivity index (χ0v) is 11.5. The molecule has 0 aliphatic carbocycles. The normalized spacial score (nSPS) is 9.43. The van der Waals surface area contributed by atoms with E-state index in [-0.39, 0.29) is 11.4 Å². The zero-order valence-electron chi connectivity index (χ0n) is 11.5. The van der Waals surface area contributed by atoms with Crippen LogP contribution in [-0.2, 0) is 6.42 Å². The molecule has 2 rings (SSSR count). The summed E-state index contributed by atoms with van der Waals surface area (Å²) in [6.45, 7) is 3.68. The van der Waals surface area contributed by atoms with E-state index in [1.165, 1.54) is 24.8 Å². The minimum absolute atomic E-state index is 0.0119. The minimum atomic E-state index is -1.05. The lowest BCUT2D eigenvalue weighted by Crippen LogP contribution is -2.01. The number of rotatable bonds is 3. The van der Waals surface area contributed by atoms with Gasteiger partial charge in [0.1, 0.15) is 0 Å². The van der Waals surface area contributed by atoms with Crippen molar-refractivity contribution in [3.8, 4) is 0 Å². The SMILES string of the molecule is CCc1cnc(C(=O)O)cn1.Cc1cnc(C(=O)O)cn1. The van der Waals surface area contributed by atoms with Crippen LogP contribution < -0.4 is 0 Å². The van der Waals surface area contributed by atoms with Crippen molar-refractivity contribution in [3.63, 3.8) is 0 Å². The topological polar surface area (TPSA) is 126 Å². The molecule has 110 valence electrons. The second-order valence-electron chi connectivity index (χ2n) is 3.90. The van der Waals surface area contributed by atoms with E-state index in [0.717, 1.165) is 12.1 Å². The molecule has 0 saturated heterocycles. The quantitative estimate of drug-likeness (QED) is 0.863. The van der Waals surface area contributed by atoms with E-state index in [9.17, 15) is 9.59 Å². The van der Waals surface area contributed by atoms with E-state index in [2.05, 4.69) is 19.9 Å². The summed E-state index contributed by atoms with van der Waals surface area (Å²) in [5.41, 5.74) is 1.48. The lowest BCUT2D eigenvalue weighted by atomic mass is 10.3. The molecule has 2 aromatic rings. The smallest absolute Gasteiger partial charge is 0.356 e. The van der Waals surface area contributed by atoms with Gasteiger partial charge in [0.15, 0.2) is 11.4 Å². The van der Waals surface area contributed by atoms with Gasteiger partial charge in [-0.3, -0.25) is 9.97 Å². The standard InChI is InChI=1S/C7H8N2O2.C6H6N2O2/c1-2-5-3-9-6(4-8-5)7(10)11;1-4-2-8-5(3-7-4)6(9)10/h3-4H,2H2,1H3,(H,10,11);2-3H,1H3,(H,9,10). The Morgan fingerprint density at radius 1 is 0.905 bits per heavy atom. The highest BCUT2D eigenvalue weighted by atomic mass is 16.4. The highest BCUT2D eigenvalue weighted by Gasteiger charge is 2.03. The van der Waals surface area contributed by atoms with Crippen LogP contribution in [0, 0.1) is 6.92 Å². The third-order valence-corrected chi connectivity index (χ3v) is 2.29. The van der Waals surface area contributed by atoms with Crippen molar-refractivity contribution >= 4 is 11.9 Å². The number of carboxylic acids is 2. The van der Waals surface area contributed by atoms with Crippen LogP contribution in [0.4, 0.5) is 0 Å². The summed E-state index contributed by atoms with van der Waals surface area (Å²) in [4.78, 5) is 35.4. The third kappa shape index (κ3) is 5.31. The molecule has 0 saturated carbocycles. The fourth-order valence-electron chi connectivity index (χ4n) is 1.15. The number of nitrogens with zero attached hydrogens (tertiary/aromatic N) is 4. The molecule has 0 spiro atoms. The number of aryl methyl sites for hydroxylation is 2. The second kappa shape index (κ2) is 7.63. The third-order valence-electron chi connectivity index (χ3n) is 2.29. The molecule has 8 heteroatoms. The summed E-state index contributed by atoms with van der Waals surface area (Å²) in [5, 5.41) is 16.8. The Balaban J connectivity index is 0.000000211. The first kappa shape index (κ1) is 16.2. The highest BCUT2D eigenvalue weighted by Crippen LogP contribution is 1.95. The van der Waals surface area contributed by atoms with Gasteiger partial charge in [0, 0.05) is 12.4 Å². The lowest BCUT2D eigenvalue weighted by molar-refractivity contribution is 0.0679. The van der Waals surface area contributed by atoms with Crippen molar-refractivity contribution in [2.75, 3.05) is 0 Å². The molecule has 0 unspecified atom stereocenters. The largest absolute Gasteiger partial charge is 0.476 e. The number of aromatic carboxylic acids is 2. The van der Waals surface area contributed by atoms with Crippen LogP contribution in [0.2, 0.25) is 0 Å². The van der Waals surface area contributed by atoms with Crippen molar-refractivity contribution in [2.45, 2.75) is 20.3 Å². The maximum Gasteiger partial charge on any atom is 0.356 e. The lowest BCUT2D eigenvalue weighted by Gasteiger charge is -1.94. The van der Waals surface area contributed by atoms with Gasteiger partial charge < -0.3 is 10.2 Å². The maximum absolute atomic E-state index is 10.3. The van der Waals surface area contributed by atoms with Crippen molar-refractivity contribution in [1.29, 1.82) is 0 Å². The van der Waals surface area contributed by atoms with Gasteiger partial charge in [-0.25, -0.2) is 19.6 Å². The van der Waals surface area contributed by atoms with Crippen LogP contribution in [0.25, 0.3) is 0 Å². The Morgan fingerprint density at radius 2 is 1.43 bits per heavy atom.